The van der Waals surface area contributed by atoms with E-state index in [9.17, 15) is 12.8 Å². The highest BCUT2D eigenvalue weighted by Gasteiger charge is 2.19. The number of nitrogen functional groups attached to an aromatic ring is 1. The summed E-state index contributed by atoms with van der Waals surface area (Å²) in [5.74, 6) is -0.750. The molecular formula is C10H12ClFN2O2S. The molecule has 1 rings (SSSR count). The third-order valence-corrected chi connectivity index (χ3v) is 3.91. The fourth-order valence-corrected chi connectivity index (χ4v) is 2.72. The molecule has 0 amide bonds. The van der Waals surface area contributed by atoms with Crippen LogP contribution in [0, 0.1) is 5.82 Å². The lowest BCUT2D eigenvalue weighted by atomic mass is 10.3. The number of nitrogens with two attached hydrogens (primary N) is 1. The van der Waals surface area contributed by atoms with Crippen LogP contribution in [0.15, 0.2) is 29.7 Å². The van der Waals surface area contributed by atoms with E-state index in [4.69, 9.17) is 17.3 Å². The number of anilines is 1. The van der Waals surface area contributed by atoms with E-state index in [1.807, 2.05) is 0 Å². The summed E-state index contributed by atoms with van der Waals surface area (Å²) in [6.07, 6.45) is 2.05. The first kappa shape index (κ1) is 14.0. The second-order valence-corrected chi connectivity index (χ2v) is 5.42. The van der Waals surface area contributed by atoms with Crippen molar-refractivity contribution in [1.82, 2.24) is 4.72 Å². The van der Waals surface area contributed by atoms with Crippen LogP contribution in [0.3, 0.4) is 0 Å². The maximum absolute atomic E-state index is 13.0. The predicted molar refractivity (Wildman–Crippen MR) is 65.8 cm³/mol. The summed E-state index contributed by atoms with van der Waals surface area (Å²) in [7, 11) is -3.78. The zero-order valence-corrected chi connectivity index (χ0v) is 10.5. The molecule has 3 N–H and O–H groups in total. The summed E-state index contributed by atoms with van der Waals surface area (Å²) in [6.45, 7) is 3.66. The van der Waals surface area contributed by atoms with Crippen LogP contribution in [0.25, 0.3) is 0 Å². The quantitative estimate of drug-likeness (QED) is 0.491. The first-order valence-electron chi connectivity index (χ1n) is 4.73. The molecule has 0 aliphatic heterocycles. The van der Waals surface area contributed by atoms with Crippen molar-refractivity contribution in [2.24, 2.45) is 0 Å². The number of halogens is 2. The van der Waals surface area contributed by atoms with Crippen molar-refractivity contribution in [2.45, 2.75) is 11.3 Å². The van der Waals surface area contributed by atoms with E-state index in [2.05, 4.69) is 11.3 Å². The number of hydrogen-bond donors (Lipinski definition) is 2. The van der Waals surface area contributed by atoms with Gasteiger partial charge in [-0.15, -0.1) is 6.58 Å². The topological polar surface area (TPSA) is 72.2 Å². The van der Waals surface area contributed by atoms with Crippen LogP contribution in [0.5, 0.6) is 0 Å². The molecule has 0 heterocycles. The number of benzene rings is 1. The summed E-state index contributed by atoms with van der Waals surface area (Å²) >= 11 is 5.66. The van der Waals surface area contributed by atoms with Crippen molar-refractivity contribution < 1.29 is 12.8 Å². The van der Waals surface area contributed by atoms with Crippen molar-refractivity contribution in [2.75, 3.05) is 12.3 Å². The Morgan fingerprint density at radius 1 is 1.53 bits per heavy atom. The molecule has 0 radical (unpaired) electrons. The number of rotatable bonds is 5. The third-order valence-electron chi connectivity index (χ3n) is 1.98. The monoisotopic (exact) mass is 278 g/mol. The second-order valence-electron chi connectivity index (χ2n) is 3.28. The van der Waals surface area contributed by atoms with Crippen LogP contribution >= 0.6 is 11.6 Å². The Labute approximate surface area is 104 Å². The molecule has 0 atom stereocenters. The van der Waals surface area contributed by atoms with E-state index in [0.717, 1.165) is 12.1 Å². The Morgan fingerprint density at radius 3 is 2.76 bits per heavy atom. The number of hydrogen-bond acceptors (Lipinski definition) is 3. The molecule has 0 aliphatic carbocycles. The van der Waals surface area contributed by atoms with Gasteiger partial charge in [0.05, 0.1) is 10.7 Å². The molecule has 0 aromatic heterocycles. The molecule has 0 spiro atoms. The molecule has 0 bridgehead atoms. The summed E-state index contributed by atoms with van der Waals surface area (Å²) in [5, 5.41) is -0.206. The van der Waals surface area contributed by atoms with Crippen LogP contribution in [0.4, 0.5) is 10.1 Å². The third kappa shape index (κ3) is 3.42. The first-order chi connectivity index (χ1) is 7.88. The van der Waals surface area contributed by atoms with Crippen LogP contribution in [-0.2, 0) is 10.0 Å². The predicted octanol–water partition coefficient (Wildman–Crippen LogP) is 1.92. The van der Waals surface area contributed by atoms with Crippen molar-refractivity contribution in [3.63, 3.8) is 0 Å². The first-order valence-corrected chi connectivity index (χ1v) is 6.59. The Morgan fingerprint density at radius 2 is 2.18 bits per heavy atom. The maximum Gasteiger partial charge on any atom is 0.242 e. The molecular weight excluding hydrogens is 267 g/mol. The van der Waals surface area contributed by atoms with Gasteiger partial charge in [0.15, 0.2) is 0 Å². The van der Waals surface area contributed by atoms with Gasteiger partial charge in [0.2, 0.25) is 10.0 Å². The van der Waals surface area contributed by atoms with Gasteiger partial charge < -0.3 is 5.73 Å². The van der Waals surface area contributed by atoms with Gasteiger partial charge >= 0.3 is 0 Å². The molecule has 0 saturated heterocycles. The van der Waals surface area contributed by atoms with Crippen LogP contribution < -0.4 is 10.5 Å². The average Bonchev–Trinajstić information content (AvgIpc) is 2.23. The van der Waals surface area contributed by atoms with Gasteiger partial charge in [0.1, 0.15) is 10.7 Å². The minimum Gasteiger partial charge on any atom is -0.396 e. The largest absolute Gasteiger partial charge is 0.396 e. The van der Waals surface area contributed by atoms with Crippen molar-refractivity contribution in [3.05, 3.63) is 35.6 Å². The van der Waals surface area contributed by atoms with E-state index < -0.39 is 15.8 Å². The molecule has 0 aliphatic rings. The van der Waals surface area contributed by atoms with Gasteiger partial charge in [0.25, 0.3) is 0 Å². The highest BCUT2D eigenvalue weighted by Crippen LogP contribution is 2.26. The van der Waals surface area contributed by atoms with Gasteiger partial charge in [0, 0.05) is 6.54 Å². The maximum atomic E-state index is 13.0. The SMILES string of the molecule is C=CCCNS(=O)(=O)c1cc(N)c(F)cc1Cl. The Hall–Kier alpha value is -1.11. The van der Waals surface area contributed by atoms with Gasteiger partial charge in [-0.1, -0.05) is 17.7 Å². The van der Waals surface area contributed by atoms with Crippen molar-refractivity contribution in [3.8, 4) is 0 Å². The zero-order chi connectivity index (χ0) is 13.1. The van der Waals surface area contributed by atoms with Crippen LogP contribution in [0.1, 0.15) is 6.42 Å². The normalized spacial score (nSPS) is 11.4. The average molecular weight is 279 g/mol. The standard InChI is InChI=1S/C10H12ClFN2O2S/c1-2-3-4-14-17(15,16)10-6-9(13)8(12)5-7(10)11/h2,5-6,14H,1,3-4,13H2. The Kier molecular flexibility index (Phi) is 4.50. The molecule has 0 fully saturated rings. The summed E-state index contributed by atoms with van der Waals surface area (Å²) in [5.41, 5.74) is 5.03. The Balaban J connectivity index is 3.06. The molecule has 0 saturated carbocycles. The van der Waals surface area contributed by atoms with Gasteiger partial charge in [-0.2, -0.15) is 0 Å². The smallest absolute Gasteiger partial charge is 0.242 e. The minimum atomic E-state index is -3.78. The summed E-state index contributed by atoms with van der Waals surface area (Å²) in [4.78, 5) is -0.234. The molecule has 1 aromatic carbocycles. The van der Waals surface area contributed by atoms with Crippen LogP contribution in [-0.4, -0.2) is 15.0 Å². The summed E-state index contributed by atoms with van der Waals surface area (Å²) in [6, 6.07) is 1.87. The summed E-state index contributed by atoms with van der Waals surface area (Å²) < 4.78 is 38.9. The highest BCUT2D eigenvalue weighted by atomic mass is 35.5. The molecule has 1 aromatic rings. The lowest BCUT2D eigenvalue weighted by Crippen LogP contribution is -2.25. The van der Waals surface area contributed by atoms with Crippen molar-refractivity contribution in [1.29, 1.82) is 0 Å². The van der Waals surface area contributed by atoms with Crippen LogP contribution in [0.2, 0.25) is 5.02 Å². The number of sulfonamides is 1. The lowest BCUT2D eigenvalue weighted by Gasteiger charge is -2.08. The fraction of sp³-hybridized carbons (Fsp3) is 0.200. The van der Waals surface area contributed by atoms with E-state index >= 15 is 0 Å². The highest BCUT2D eigenvalue weighted by molar-refractivity contribution is 7.89. The molecule has 94 valence electrons. The fourth-order valence-electron chi connectivity index (χ4n) is 1.12. The molecule has 17 heavy (non-hydrogen) atoms. The van der Waals surface area contributed by atoms with Gasteiger partial charge in [-0.25, -0.2) is 17.5 Å². The molecule has 0 unspecified atom stereocenters. The van der Waals surface area contributed by atoms with E-state index in [1.54, 1.807) is 6.08 Å². The van der Waals surface area contributed by atoms with E-state index in [0.29, 0.717) is 6.42 Å². The number of nitrogens with one attached hydrogen (secondary N) is 1. The zero-order valence-electron chi connectivity index (χ0n) is 8.91. The minimum absolute atomic E-state index is 0.194. The lowest BCUT2D eigenvalue weighted by molar-refractivity contribution is 0.581. The molecule has 7 heteroatoms. The molecule has 4 nitrogen and oxygen atoms in total. The van der Waals surface area contributed by atoms with Crippen molar-refractivity contribution >= 4 is 27.3 Å². The van der Waals surface area contributed by atoms with E-state index in [1.165, 1.54) is 0 Å². The van der Waals surface area contributed by atoms with E-state index in [-0.39, 0.29) is 22.2 Å². The Bertz CT molecular complexity index is 531. The van der Waals surface area contributed by atoms with Gasteiger partial charge in [-0.3, -0.25) is 0 Å². The second kappa shape index (κ2) is 5.48. The van der Waals surface area contributed by atoms with Gasteiger partial charge in [-0.05, 0) is 18.6 Å².